The number of hydrogen-bond acceptors (Lipinski definition) is 2. The van der Waals surface area contributed by atoms with Gasteiger partial charge in [0.05, 0.1) is 0 Å². The van der Waals surface area contributed by atoms with Crippen LogP contribution in [0.3, 0.4) is 0 Å². The molecule has 13 heavy (non-hydrogen) atoms. The second-order valence-electron chi connectivity index (χ2n) is 3.55. The van der Waals surface area contributed by atoms with Crippen molar-refractivity contribution in [1.29, 1.82) is 0 Å². The Morgan fingerprint density at radius 2 is 2.54 bits per heavy atom. The lowest BCUT2D eigenvalue weighted by Crippen LogP contribution is -2.30. The van der Waals surface area contributed by atoms with Crippen molar-refractivity contribution in [2.24, 2.45) is 4.99 Å². The summed E-state index contributed by atoms with van der Waals surface area (Å²) >= 11 is 0. The number of amides is 1. The molecule has 72 valence electrons. The molecule has 2 aliphatic rings. The van der Waals surface area contributed by atoms with Crippen molar-refractivity contribution in [3.05, 3.63) is 0 Å². The molecular formula is C9H15N3O. The van der Waals surface area contributed by atoms with E-state index in [1.165, 1.54) is 0 Å². The molecule has 1 amide bonds. The highest BCUT2D eigenvalue weighted by Crippen LogP contribution is 2.21. The van der Waals surface area contributed by atoms with Gasteiger partial charge >= 0.3 is 0 Å². The average Bonchev–Trinajstić information content (AvgIpc) is 2.67. The zero-order chi connectivity index (χ0) is 9.26. The highest BCUT2D eigenvalue weighted by molar-refractivity contribution is 6.06. The van der Waals surface area contributed by atoms with Crippen molar-refractivity contribution in [1.82, 2.24) is 10.2 Å². The number of nitrogens with one attached hydrogen (secondary N) is 1. The van der Waals surface area contributed by atoms with E-state index in [0.29, 0.717) is 0 Å². The number of nitrogens with zero attached hydrogens (tertiary/aromatic N) is 2. The summed E-state index contributed by atoms with van der Waals surface area (Å²) in [5.41, 5.74) is 0. The van der Waals surface area contributed by atoms with E-state index >= 15 is 0 Å². The number of rotatable bonds is 2. The molecule has 0 aromatic rings. The highest BCUT2D eigenvalue weighted by atomic mass is 16.2. The van der Waals surface area contributed by atoms with E-state index in [2.05, 4.69) is 22.1 Å². The van der Waals surface area contributed by atoms with Crippen LogP contribution in [0.4, 0.5) is 0 Å². The maximum absolute atomic E-state index is 11.4. The molecule has 1 atom stereocenters. The van der Waals surface area contributed by atoms with E-state index in [1.54, 1.807) is 0 Å². The summed E-state index contributed by atoms with van der Waals surface area (Å²) in [6, 6.07) is 0.0793. The Balaban J connectivity index is 2.10. The van der Waals surface area contributed by atoms with E-state index in [9.17, 15) is 4.79 Å². The molecule has 0 unspecified atom stereocenters. The van der Waals surface area contributed by atoms with E-state index in [4.69, 9.17) is 0 Å². The first-order valence-electron chi connectivity index (χ1n) is 4.95. The van der Waals surface area contributed by atoms with Crippen molar-refractivity contribution in [3.8, 4) is 0 Å². The molecule has 2 rings (SSSR count). The molecule has 0 aromatic carbocycles. The molecule has 0 bridgehead atoms. The summed E-state index contributed by atoms with van der Waals surface area (Å²) in [5.74, 6) is 0.932. The molecule has 0 aliphatic carbocycles. The van der Waals surface area contributed by atoms with Crippen molar-refractivity contribution in [2.75, 3.05) is 13.1 Å². The van der Waals surface area contributed by atoms with E-state index in [0.717, 1.165) is 38.3 Å². The maximum Gasteiger partial charge on any atom is 0.249 e. The summed E-state index contributed by atoms with van der Waals surface area (Å²) < 4.78 is 0. The van der Waals surface area contributed by atoms with Gasteiger partial charge < -0.3 is 4.90 Å². The number of carbonyl (C=O) groups is 1. The van der Waals surface area contributed by atoms with Gasteiger partial charge in [-0.15, -0.1) is 0 Å². The topological polar surface area (TPSA) is 44.7 Å². The lowest BCUT2D eigenvalue weighted by molar-refractivity contribution is -0.120. The molecule has 1 N–H and O–H groups in total. The van der Waals surface area contributed by atoms with Gasteiger partial charge in [0.15, 0.2) is 0 Å². The Morgan fingerprint density at radius 3 is 3.31 bits per heavy atom. The van der Waals surface area contributed by atoms with Crippen LogP contribution >= 0.6 is 0 Å². The first-order valence-corrected chi connectivity index (χ1v) is 4.95. The van der Waals surface area contributed by atoms with Gasteiger partial charge in [-0.25, -0.2) is 0 Å². The lowest BCUT2D eigenvalue weighted by Gasteiger charge is -2.13. The zero-order valence-electron chi connectivity index (χ0n) is 7.92. The SMILES string of the molecule is CCCN=C1NC(=O)[C@H]2CCCN12. The van der Waals surface area contributed by atoms with Gasteiger partial charge in [-0.1, -0.05) is 6.92 Å². The van der Waals surface area contributed by atoms with Crippen LogP contribution < -0.4 is 5.32 Å². The molecular weight excluding hydrogens is 166 g/mol. The Kier molecular flexibility index (Phi) is 2.20. The molecule has 0 spiro atoms. The Hall–Kier alpha value is -1.06. The predicted octanol–water partition coefficient (Wildman–Crippen LogP) is 0.347. The van der Waals surface area contributed by atoms with Gasteiger partial charge in [-0.2, -0.15) is 0 Å². The Bertz CT molecular complexity index is 249. The van der Waals surface area contributed by atoms with Gasteiger partial charge in [0.25, 0.3) is 0 Å². The summed E-state index contributed by atoms with van der Waals surface area (Å²) in [6.45, 7) is 3.87. The third-order valence-corrected chi connectivity index (χ3v) is 2.55. The molecule has 2 saturated heterocycles. The Morgan fingerprint density at radius 1 is 1.69 bits per heavy atom. The van der Waals surface area contributed by atoms with Crippen molar-refractivity contribution in [2.45, 2.75) is 32.2 Å². The smallest absolute Gasteiger partial charge is 0.249 e. The lowest BCUT2D eigenvalue weighted by atomic mass is 10.2. The molecule has 0 saturated carbocycles. The van der Waals surface area contributed by atoms with Crippen LogP contribution in [0.2, 0.25) is 0 Å². The quantitative estimate of drug-likeness (QED) is 0.668. The van der Waals surface area contributed by atoms with Crippen LogP contribution in [0.15, 0.2) is 4.99 Å². The number of guanidine groups is 1. The molecule has 4 heteroatoms. The van der Waals surface area contributed by atoms with Crippen molar-refractivity contribution < 1.29 is 4.79 Å². The number of fused-ring (bicyclic) bond motifs is 1. The standard InChI is InChI=1S/C9H15N3O/c1-2-5-10-9-11-8(13)7-4-3-6-12(7)9/h7H,2-6H2,1H3,(H,10,11,13)/t7-/m1/s1. The third-order valence-electron chi connectivity index (χ3n) is 2.55. The number of aliphatic imine (C=N–C) groups is 1. The summed E-state index contributed by atoms with van der Waals surface area (Å²) in [6.07, 6.45) is 3.12. The van der Waals surface area contributed by atoms with Gasteiger partial charge in [0.1, 0.15) is 6.04 Å². The van der Waals surface area contributed by atoms with Crippen LogP contribution in [-0.2, 0) is 4.79 Å². The largest absolute Gasteiger partial charge is 0.331 e. The normalized spacial score (nSPS) is 29.6. The molecule has 2 heterocycles. The fourth-order valence-electron chi connectivity index (χ4n) is 1.91. The third kappa shape index (κ3) is 1.41. The Labute approximate surface area is 78.0 Å². The molecule has 4 nitrogen and oxygen atoms in total. The minimum absolute atomic E-state index is 0.0793. The van der Waals surface area contributed by atoms with E-state index in [1.807, 2.05) is 0 Å². The molecule has 2 fully saturated rings. The average molecular weight is 181 g/mol. The molecule has 2 aliphatic heterocycles. The summed E-state index contributed by atoms with van der Waals surface area (Å²) in [7, 11) is 0. The van der Waals surface area contributed by atoms with E-state index < -0.39 is 0 Å². The van der Waals surface area contributed by atoms with Gasteiger partial charge in [0.2, 0.25) is 11.9 Å². The number of carbonyl (C=O) groups excluding carboxylic acids is 1. The predicted molar refractivity (Wildman–Crippen MR) is 50.5 cm³/mol. The van der Waals surface area contributed by atoms with Crippen molar-refractivity contribution in [3.63, 3.8) is 0 Å². The van der Waals surface area contributed by atoms with Crippen LogP contribution in [0, 0.1) is 0 Å². The summed E-state index contributed by atoms with van der Waals surface area (Å²) in [4.78, 5) is 17.8. The van der Waals surface area contributed by atoms with Crippen LogP contribution in [0.1, 0.15) is 26.2 Å². The second-order valence-corrected chi connectivity index (χ2v) is 3.55. The highest BCUT2D eigenvalue weighted by Gasteiger charge is 2.39. The monoisotopic (exact) mass is 181 g/mol. The molecule has 0 aromatic heterocycles. The number of hydrogen-bond donors (Lipinski definition) is 1. The molecule has 0 radical (unpaired) electrons. The van der Waals surface area contributed by atoms with Gasteiger partial charge in [-0.3, -0.25) is 15.1 Å². The fourth-order valence-corrected chi connectivity index (χ4v) is 1.91. The van der Waals surface area contributed by atoms with Gasteiger partial charge in [-0.05, 0) is 19.3 Å². The minimum Gasteiger partial charge on any atom is -0.331 e. The maximum atomic E-state index is 11.4. The summed E-state index contributed by atoms with van der Waals surface area (Å²) in [5, 5.41) is 2.83. The first-order chi connectivity index (χ1) is 6.33. The first kappa shape index (κ1) is 8.53. The second kappa shape index (κ2) is 3.36. The minimum atomic E-state index is 0.0793. The van der Waals surface area contributed by atoms with Crippen LogP contribution in [0.5, 0.6) is 0 Å². The van der Waals surface area contributed by atoms with Crippen LogP contribution in [0.25, 0.3) is 0 Å². The van der Waals surface area contributed by atoms with E-state index in [-0.39, 0.29) is 11.9 Å². The van der Waals surface area contributed by atoms with Crippen molar-refractivity contribution >= 4 is 11.9 Å². The fraction of sp³-hybridized carbons (Fsp3) is 0.778. The van der Waals surface area contributed by atoms with Crippen LogP contribution in [-0.4, -0.2) is 35.9 Å². The van der Waals surface area contributed by atoms with Gasteiger partial charge in [0, 0.05) is 13.1 Å². The zero-order valence-corrected chi connectivity index (χ0v) is 7.92.